The van der Waals surface area contributed by atoms with Crippen LogP contribution in [0.5, 0.6) is 0 Å². The highest BCUT2D eigenvalue weighted by Gasteiger charge is 2.28. The summed E-state index contributed by atoms with van der Waals surface area (Å²) in [7, 11) is 0. The summed E-state index contributed by atoms with van der Waals surface area (Å²) in [5.41, 5.74) is 1.71. The first-order valence-corrected chi connectivity index (χ1v) is 8.91. The van der Waals surface area contributed by atoms with Gasteiger partial charge in [0.25, 0.3) is 0 Å². The zero-order valence-corrected chi connectivity index (χ0v) is 16.1. The number of benzene rings is 1. The number of likely N-dealkylation sites (N-methyl/N-ethyl adjacent to an activating group) is 1. The third-order valence-corrected chi connectivity index (χ3v) is 4.56. The van der Waals surface area contributed by atoms with E-state index in [1.807, 2.05) is 17.9 Å². The van der Waals surface area contributed by atoms with Gasteiger partial charge >= 0.3 is 0 Å². The Morgan fingerprint density at radius 2 is 2.04 bits per heavy atom. The second kappa shape index (κ2) is 7.75. The van der Waals surface area contributed by atoms with E-state index in [0.717, 1.165) is 11.3 Å². The van der Waals surface area contributed by atoms with Crippen LogP contribution in [0, 0.1) is 5.41 Å². The quantitative estimate of drug-likeness (QED) is 0.748. The molecule has 24 heavy (non-hydrogen) atoms. The molecule has 1 aromatic carbocycles. The van der Waals surface area contributed by atoms with Gasteiger partial charge in [0.15, 0.2) is 6.10 Å². The molecule has 1 atom stereocenters. The Kier molecular flexibility index (Phi) is 6.16. The van der Waals surface area contributed by atoms with Gasteiger partial charge in [0.2, 0.25) is 5.91 Å². The standard InChI is InChI=1S/C18H24Cl2N2O2/c1-5-22(17(23)10-18(2,3)4)11-13-9-16(21-24-13)12-6-7-14(19)15(20)8-12/h6-8,13H,5,9-11H2,1-4H3. The predicted octanol–water partition coefficient (Wildman–Crippen LogP) is 4.77. The highest BCUT2D eigenvalue weighted by Crippen LogP contribution is 2.26. The zero-order valence-electron chi connectivity index (χ0n) is 14.6. The number of amides is 1. The van der Waals surface area contributed by atoms with Gasteiger partial charge in [-0.05, 0) is 24.5 Å². The average molecular weight is 371 g/mol. The van der Waals surface area contributed by atoms with Gasteiger partial charge in [-0.25, -0.2) is 0 Å². The van der Waals surface area contributed by atoms with E-state index >= 15 is 0 Å². The van der Waals surface area contributed by atoms with Gasteiger partial charge in [0.05, 0.1) is 22.3 Å². The third kappa shape index (κ3) is 5.12. The van der Waals surface area contributed by atoms with E-state index in [2.05, 4.69) is 25.9 Å². The number of rotatable bonds is 5. The van der Waals surface area contributed by atoms with Crippen LogP contribution in [0.3, 0.4) is 0 Å². The highest BCUT2D eigenvalue weighted by molar-refractivity contribution is 6.42. The van der Waals surface area contributed by atoms with Crippen molar-refractivity contribution in [2.24, 2.45) is 10.6 Å². The number of carbonyl (C=O) groups is 1. The highest BCUT2D eigenvalue weighted by atomic mass is 35.5. The van der Waals surface area contributed by atoms with Crippen LogP contribution in [-0.2, 0) is 9.63 Å². The Hall–Kier alpha value is -1.26. The van der Waals surface area contributed by atoms with E-state index < -0.39 is 0 Å². The molecule has 0 radical (unpaired) electrons. The Morgan fingerprint density at radius 1 is 1.33 bits per heavy atom. The van der Waals surface area contributed by atoms with Crippen LogP contribution in [-0.4, -0.2) is 35.7 Å². The van der Waals surface area contributed by atoms with Gasteiger partial charge in [-0.2, -0.15) is 0 Å². The molecule has 6 heteroatoms. The molecular formula is C18H24Cl2N2O2. The number of oxime groups is 1. The second-order valence-corrected chi connectivity index (χ2v) is 8.08. The molecule has 1 aromatic rings. The first-order chi connectivity index (χ1) is 11.2. The van der Waals surface area contributed by atoms with E-state index in [9.17, 15) is 4.79 Å². The van der Waals surface area contributed by atoms with Crippen molar-refractivity contribution < 1.29 is 9.63 Å². The van der Waals surface area contributed by atoms with E-state index in [0.29, 0.717) is 36.0 Å². The molecule has 1 aliphatic rings. The fourth-order valence-corrected chi connectivity index (χ4v) is 2.89. The lowest BCUT2D eigenvalue weighted by Crippen LogP contribution is -2.39. The molecule has 1 amide bonds. The van der Waals surface area contributed by atoms with Crippen molar-refractivity contribution in [3.63, 3.8) is 0 Å². The molecule has 1 unspecified atom stereocenters. The lowest BCUT2D eigenvalue weighted by Gasteiger charge is -2.27. The molecule has 0 saturated carbocycles. The molecule has 0 aliphatic carbocycles. The van der Waals surface area contributed by atoms with Crippen LogP contribution in [0.2, 0.25) is 10.0 Å². The molecule has 2 rings (SSSR count). The van der Waals surface area contributed by atoms with Crippen molar-refractivity contribution in [1.29, 1.82) is 0 Å². The largest absolute Gasteiger partial charge is 0.390 e. The molecule has 4 nitrogen and oxygen atoms in total. The van der Waals surface area contributed by atoms with Crippen molar-refractivity contribution >= 4 is 34.8 Å². The van der Waals surface area contributed by atoms with Crippen molar-refractivity contribution in [1.82, 2.24) is 4.90 Å². The Balaban J connectivity index is 1.96. The van der Waals surface area contributed by atoms with Crippen LogP contribution in [0.4, 0.5) is 0 Å². The van der Waals surface area contributed by atoms with Gasteiger partial charge < -0.3 is 9.74 Å². The Bertz CT molecular complexity index is 638. The topological polar surface area (TPSA) is 41.9 Å². The SMILES string of the molecule is CCN(CC1CC(c2ccc(Cl)c(Cl)c2)=NO1)C(=O)CC(C)(C)C. The minimum absolute atomic E-state index is 0.0250. The number of hydrogen-bond donors (Lipinski definition) is 0. The molecular weight excluding hydrogens is 347 g/mol. The zero-order chi connectivity index (χ0) is 17.9. The Labute approximate surface area is 153 Å². The van der Waals surface area contributed by atoms with Crippen LogP contribution in [0.25, 0.3) is 0 Å². The maximum absolute atomic E-state index is 12.4. The molecule has 1 aliphatic heterocycles. The van der Waals surface area contributed by atoms with E-state index in [1.54, 1.807) is 12.1 Å². The monoisotopic (exact) mass is 370 g/mol. The molecule has 0 fully saturated rings. The lowest BCUT2D eigenvalue weighted by atomic mass is 9.91. The summed E-state index contributed by atoms with van der Waals surface area (Å²) < 4.78 is 0. The van der Waals surface area contributed by atoms with Crippen LogP contribution < -0.4 is 0 Å². The fourth-order valence-electron chi connectivity index (χ4n) is 2.59. The predicted molar refractivity (Wildman–Crippen MR) is 98.8 cm³/mol. The van der Waals surface area contributed by atoms with Crippen LogP contribution in [0.1, 0.15) is 46.1 Å². The molecule has 132 valence electrons. The van der Waals surface area contributed by atoms with Crippen molar-refractivity contribution in [3.05, 3.63) is 33.8 Å². The van der Waals surface area contributed by atoms with E-state index in [1.165, 1.54) is 0 Å². The third-order valence-electron chi connectivity index (χ3n) is 3.83. The summed E-state index contributed by atoms with van der Waals surface area (Å²) in [6.07, 6.45) is 1.05. The lowest BCUT2D eigenvalue weighted by molar-refractivity contribution is -0.134. The molecule has 0 N–H and O–H groups in total. The summed E-state index contributed by atoms with van der Waals surface area (Å²) in [4.78, 5) is 19.8. The van der Waals surface area contributed by atoms with Gasteiger partial charge in [-0.3, -0.25) is 4.79 Å². The van der Waals surface area contributed by atoms with Crippen molar-refractivity contribution in [3.8, 4) is 0 Å². The normalized spacial score (nSPS) is 17.4. The van der Waals surface area contributed by atoms with E-state index in [-0.39, 0.29) is 17.4 Å². The van der Waals surface area contributed by atoms with Crippen LogP contribution >= 0.6 is 23.2 Å². The van der Waals surface area contributed by atoms with Crippen molar-refractivity contribution in [2.45, 2.75) is 46.6 Å². The van der Waals surface area contributed by atoms with Crippen molar-refractivity contribution in [2.75, 3.05) is 13.1 Å². The average Bonchev–Trinajstić information content (AvgIpc) is 2.94. The molecule has 0 aromatic heterocycles. The summed E-state index contributed by atoms with van der Waals surface area (Å²) in [6, 6.07) is 5.41. The summed E-state index contributed by atoms with van der Waals surface area (Å²) in [5.74, 6) is 0.150. The Morgan fingerprint density at radius 3 is 2.62 bits per heavy atom. The maximum Gasteiger partial charge on any atom is 0.223 e. The molecule has 1 heterocycles. The maximum atomic E-state index is 12.4. The fraction of sp³-hybridized carbons (Fsp3) is 0.556. The van der Waals surface area contributed by atoms with Gasteiger partial charge in [-0.1, -0.05) is 55.2 Å². The van der Waals surface area contributed by atoms with Gasteiger partial charge in [0.1, 0.15) is 0 Å². The number of carbonyl (C=O) groups excluding carboxylic acids is 1. The summed E-state index contributed by atoms with van der Waals surface area (Å²) >= 11 is 12.0. The van der Waals surface area contributed by atoms with E-state index in [4.69, 9.17) is 28.0 Å². The first kappa shape index (κ1) is 19.1. The number of halogens is 2. The van der Waals surface area contributed by atoms with Crippen LogP contribution in [0.15, 0.2) is 23.4 Å². The molecule has 0 bridgehead atoms. The minimum Gasteiger partial charge on any atom is -0.390 e. The summed E-state index contributed by atoms with van der Waals surface area (Å²) in [5, 5.41) is 5.17. The molecule has 0 saturated heterocycles. The first-order valence-electron chi connectivity index (χ1n) is 8.15. The summed E-state index contributed by atoms with van der Waals surface area (Å²) in [6.45, 7) is 9.38. The molecule has 0 spiro atoms. The smallest absolute Gasteiger partial charge is 0.223 e. The number of nitrogens with zero attached hydrogens (tertiary/aromatic N) is 2. The second-order valence-electron chi connectivity index (χ2n) is 7.27. The van der Waals surface area contributed by atoms with Gasteiger partial charge in [-0.15, -0.1) is 0 Å². The van der Waals surface area contributed by atoms with Gasteiger partial charge in [0, 0.05) is 24.9 Å². The number of hydrogen-bond acceptors (Lipinski definition) is 3. The minimum atomic E-state index is -0.127.